The summed E-state index contributed by atoms with van der Waals surface area (Å²) < 4.78 is 27.8. The molecular weight excluding hydrogens is 354 g/mol. The largest absolute Gasteiger partial charge is 0.368 e. The maximum atomic E-state index is 13.4. The van der Waals surface area contributed by atoms with Crippen LogP contribution in [-0.4, -0.2) is 26.5 Å². The maximum Gasteiger partial charge on any atom is 0.335 e. The van der Waals surface area contributed by atoms with Crippen molar-refractivity contribution in [2.24, 2.45) is 5.92 Å². The van der Waals surface area contributed by atoms with Gasteiger partial charge in [0.25, 0.3) is 5.56 Å². The van der Waals surface area contributed by atoms with Gasteiger partial charge in [-0.25, -0.2) is 23.1 Å². The summed E-state index contributed by atoms with van der Waals surface area (Å²) in [5, 5.41) is 3.23. The van der Waals surface area contributed by atoms with Crippen molar-refractivity contribution in [1.82, 2.24) is 14.5 Å². The molecule has 144 valence electrons. The minimum atomic E-state index is -2.56. The Kier molecular flexibility index (Phi) is 4.36. The van der Waals surface area contributed by atoms with E-state index >= 15 is 0 Å². The molecule has 0 unspecified atom stereocenters. The zero-order chi connectivity index (χ0) is 19.2. The predicted molar refractivity (Wildman–Crippen MR) is 97.8 cm³/mol. The number of halogens is 2. The van der Waals surface area contributed by atoms with Crippen molar-refractivity contribution in [2.75, 3.05) is 5.32 Å². The summed E-state index contributed by atoms with van der Waals surface area (Å²) in [6.07, 6.45) is 3.50. The molecule has 0 saturated heterocycles. The monoisotopic (exact) mass is 376 g/mol. The smallest absolute Gasteiger partial charge is 0.335 e. The quantitative estimate of drug-likeness (QED) is 0.845. The Morgan fingerprint density at radius 3 is 2.59 bits per heavy atom. The maximum absolute atomic E-state index is 13.4. The SMILES string of the molecule is Cc1ccc(-n2c(=O)[nH]c3c(c2=O)CC[C@H](C2CCC(F)(F)CC2)N3)nc1. The van der Waals surface area contributed by atoms with E-state index in [2.05, 4.69) is 15.3 Å². The first-order valence-electron chi connectivity index (χ1n) is 9.30. The topological polar surface area (TPSA) is 79.8 Å². The second-order valence-corrected chi connectivity index (χ2v) is 7.60. The highest BCUT2D eigenvalue weighted by molar-refractivity contribution is 5.47. The number of H-pyrrole nitrogens is 1. The molecule has 2 N–H and O–H groups in total. The van der Waals surface area contributed by atoms with Crippen LogP contribution in [0.25, 0.3) is 5.82 Å². The third kappa shape index (κ3) is 3.40. The van der Waals surface area contributed by atoms with Gasteiger partial charge in [-0.05, 0) is 50.2 Å². The number of pyridine rings is 1. The number of rotatable bonds is 2. The van der Waals surface area contributed by atoms with Crippen LogP contribution in [0.2, 0.25) is 0 Å². The van der Waals surface area contributed by atoms with E-state index in [1.807, 2.05) is 6.92 Å². The highest BCUT2D eigenvalue weighted by Crippen LogP contribution is 2.39. The van der Waals surface area contributed by atoms with Crippen LogP contribution >= 0.6 is 0 Å². The van der Waals surface area contributed by atoms with Gasteiger partial charge in [0.2, 0.25) is 5.92 Å². The second-order valence-electron chi connectivity index (χ2n) is 7.60. The summed E-state index contributed by atoms with van der Waals surface area (Å²) in [6.45, 7) is 1.88. The Balaban J connectivity index is 1.61. The molecule has 27 heavy (non-hydrogen) atoms. The molecule has 8 heteroatoms. The predicted octanol–water partition coefficient (Wildman–Crippen LogP) is 2.78. The van der Waals surface area contributed by atoms with Crippen molar-refractivity contribution < 1.29 is 8.78 Å². The molecule has 1 atom stereocenters. The molecule has 4 rings (SSSR count). The minimum Gasteiger partial charge on any atom is -0.368 e. The molecule has 0 radical (unpaired) electrons. The van der Waals surface area contributed by atoms with Gasteiger partial charge in [0.05, 0.1) is 5.56 Å². The lowest BCUT2D eigenvalue weighted by atomic mass is 9.79. The van der Waals surface area contributed by atoms with Crippen molar-refractivity contribution in [2.45, 2.75) is 57.4 Å². The van der Waals surface area contributed by atoms with Gasteiger partial charge in [-0.3, -0.25) is 9.78 Å². The van der Waals surface area contributed by atoms with Gasteiger partial charge < -0.3 is 5.32 Å². The van der Waals surface area contributed by atoms with Crippen LogP contribution in [0.4, 0.5) is 14.6 Å². The molecule has 0 spiro atoms. The van der Waals surface area contributed by atoms with E-state index in [-0.39, 0.29) is 36.2 Å². The van der Waals surface area contributed by atoms with E-state index in [4.69, 9.17) is 0 Å². The van der Waals surface area contributed by atoms with Crippen LogP contribution in [0.5, 0.6) is 0 Å². The molecule has 0 aromatic carbocycles. The van der Waals surface area contributed by atoms with E-state index in [9.17, 15) is 18.4 Å². The average Bonchev–Trinajstić information content (AvgIpc) is 2.63. The van der Waals surface area contributed by atoms with Crippen molar-refractivity contribution >= 4 is 5.82 Å². The zero-order valence-electron chi connectivity index (χ0n) is 15.1. The number of fused-ring (bicyclic) bond motifs is 1. The molecule has 2 aromatic heterocycles. The Morgan fingerprint density at radius 1 is 1.19 bits per heavy atom. The van der Waals surface area contributed by atoms with E-state index in [0.29, 0.717) is 37.1 Å². The summed E-state index contributed by atoms with van der Waals surface area (Å²) in [6, 6.07) is 3.43. The Bertz CT molecular complexity index is 955. The lowest BCUT2D eigenvalue weighted by Gasteiger charge is -2.37. The second kappa shape index (κ2) is 6.58. The highest BCUT2D eigenvalue weighted by Gasteiger charge is 2.38. The minimum absolute atomic E-state index is 0.00278. The fourth-order valence-electron chi connectivity index (χ4n) is 4.10. The highest BCUT2D eigenvalue weighted by atomic mass is 19.3. The van der Waals surface area contributed by atoms with Crippen LogP contribution in [0.15, 0.2) is 27.9 Å². The Morgan fingerprint density at radius 2 is 1.93 bits per heavy atom. The first-order chi connectivity index (χ1) is 12.8. The summed E-state index contributed by atoms with van der Waals surface area (Å²) in [7, 11) is 0. The Hall–Kier alpha value is -2.51. The third-order valence-corrected chi connectivity index (χ3v) is 5.69. The fourth-order valence-corrected chi connectivity index (χ4v) is 4.10. The average molecular weight is 376 g/mol. The normalized spacial score (nSPS) is 22.1. The van der Waals surface area contributed by atoms with Crippen LogP contribution in [0, 0.1) is 12.8 Å². The van der Waals surface area contributed by atoms with Gasteiger partial charge in [0.1, 0.15) is 11.6 Å². The van der Waals surface area contributed by atoms with Gasteiger partial charge in [-0.15, -0.1) is 0 Å². The van der Waals surface area contributed by atoms with Crippen LogP contribution in [0.1, 0.15) is 43.2 Å². The number of hydrogen-bond donors (Lipinski definition) is 2. The third-order valence-electron chi connectivity index (χ3n) is 5.69. The van der Waals surface area contributed by atoms with Gasteiger partial charge in [-0.1, -0.05) is 6.07 Å². The first-order valence-corrected chi connectivity index (χ1v) is 9.30. The van der Waals surface area contributed by atoms with Crippen LogP contribution in [0.3, 0.4) is 0 Å². The van der Waals surface area contributed by atoms with E-state index in [1.165, 1.54) is 0 Å². The van der Waals surface area contributed by atoms with Gasteiger partial charge in [-0.2, -0.15) is 0 Å². The molecule has 6 nitrogen and oxygen atoms in total. The van der Waals surface area contributed by atoms with E-state index in [1.54, 1.807) is 18.3 Å². The molecule has 1 aliphatic heterocycles. The van der Waals surface area contributed by atoms with Gasteiger partial charge >= 0.3 is 5.69 Å². The van der Waals surface area contributed by atoms with E-state index < -0.39 is 11.6 Å². The summed E-state index contributed by atoms with van der Waals surface area (Å²) in [5.41, 5.74) is 0.503. The van der Waals surface area contributed by atoms with Gasteiger partial charge in [0.15, 0.2) is 0 Å². The summed E-state index contributed by atoms with van der Waals surface area (Å²) in [5.74, 6) is -1.73. The van der Waals surface area contributed by atoms with Crippen molar-refractivity contribution in [3.8, 4) is 5.82 Å². The molecule has 1 fully saturated rings. The van der Waals surface area contributed by atoms with Crippen LogP contribution < -0.4 is 16.6 Å². The molecule has 2 aliphatic rings. The molecular formula is C19H22F2N4O2. The summed E-state index contributed by atoms with van der Waals surface area (Å²) in [4.78, 5) is 32.3. The zero-order valence-corrected chi connectivity index (χ0v) is 15.1. The number of nitrogens with zero attached hydrogens (tertiary/aromatic N) is 2. The van der Waals surface area contributed by atoms with Crippen molar-refractivity contribution in [3.05, 3.63) is 50.3 Å². The van der Waals surface area contributed by atoms with Crippen molar-refractivity contribution in [3.63, 3.8) is 0 Å². The molecule has 2 aromatic rings. The molecule has 0 bridgehead atoms. The number of nitrogens with one attached hydrogen (secondary N) is 2. The number of hydrogen-bond acceptors (Lipinski definition) is 4. The standard InChI is InChI=1S/C19H22F2N4O2/c1-11-2-5-15(22-10-11)25-17(26)13-3-4-14(23-16(13)24-18(25)27)12-6-8-19(20,21)9-7-12/h2,5,10,12,14,23H,3-4,6-9H2,1H3,(H,24,27)/t14-/m1/s1. The molecule has 0 amide bonds. The summed E-state index contributed by atoms with van der Waals surface area (Å²) >= 11 is 0. The molecule has 1 saturated carbocycles. The first kappa shape index (κ1) is 17.9. The van der Waals surface area contributed by atoms with Gasteiger partial charge in [0, 0.05) is 25.1 Å². The lowest BCUT2D eigenvalue weighted by Crippen LogP contribution is -2.43. The number of aromatic amines is 1. The van der Waals surface area contributed by atoms with E-state index in [0.717, 1.165) is 10.1 Å². The molecule has 1 aliphatic carbocycles. The number of aromatic nitrogens is 3. The van der Waals surface area contributed by atoms with Crippen molar-refractivity contribution in [1.29, 1.82) is 0 Å². The number of anilines is 1. The molecule has 3 heterocycles. The number of alkyl halides is 2. The fraction of sp³-hybridized carbons (Fsp3) is 0.526. The Labute approximate surface area is 154 Å². The van der Waals surface area contributed by atoms with Crippen LogP contribution in [-0.2, 0) is 6.42 Å². The lowest BCUT2D eigenvalue weighted by molar-refractivity contribution is -0.0478. The number of aryl methyl sites for hydroxylation is 1.